The predicted molar refractivity (Wildman–Crippen MR) is 98.4 cm³/mol. The molecule has 1 saturated heterocycles. The lowest BCUT2D eigenvalue weighted by Crippen LogP contribution is -2.14. The van der Waals surface area contributed by atoms with E-state index in [2.05, 4.69) is 15.3 Å². The van der Waals surface area contributed by atoms with E-state index < -0.39 is 5.91 Å². The van der Waals surface area contributed by atoms with Crippen molar-refractivity contribution in [1.29, 1.82) is 0 Å². The second kappa shape index (κ2) is 7.24. The van der Waals surface area contributed by atoms with E-state index in [1.165, 1.54) is 13.2 Å². The van der Waals surface area contributed by atoms with Gasteiger partial charge in [0.1, 0.15) is 17.2 Å². The van der Waals surface area contributed by atoms with Crippen LogP contribution in [0.25, 0.3) is 5.65 Å². The molecule has 4 rings (SSSR count). The Labute approximate surface area is 155 Å². The molecule has 1 fully saturated rings. The molecule has 27 heavy (non-hydrogen) atoms. The molecule has 0 aromatic carbocycles. The van der Waals surface area contributed by atoms with Gasteiger partial charge in [0.05, 0.1) is 18.4 Å². The largest absolute Gasteiger partial charge is 0.507 e. The molecule has 0 saturated carbocycles. The number of hydrogen-bond donors (Lipinski definition) is 2. The van der Waals surface area contributed by atoms with Crippen LogP contribution in [0.15, 0.2) is 36.7 Å². The Morgan fingerprint density at radius 2 is 2.11 bits per heavy atom. The van der Waals surface area contributed by atoms with Gasteiger partial charge in [-0.2, -0.15) is 4.98 Å². The first-order chi connectivity index (χ1) is 13.1. The number of imidazole rings is 1. The monoisotopic (exact) mass is 368 g/mol. The number of aromatic nitrogens is 3. The van der Waals surface area contributed by atoms with Gasteiger partial charge in [-0.3, -0.25) is 4.79 Å². The van der Waals surface area contributed by atoms with E-state index in [1.54, 1.807) is 28.8 Å². The number of nitrogens with one attached hydrogen (secondary N) is 1. The average Bonchev–Trinajstić information content (AvgIpc) is 3.11. The van der Waals surface area contributed by atoms with E-state index in [0.29, 0.717) is 23.3 Å². The van der Waals surface area contributed by atoms with Gasteiger partial charge in [-0.25, -0.2) is 4.98 Å². The highest BCUT2D eigenvalue weighted by molar-refractivity contribution is 6.05. The van der Waals surface area contributed by atoms with Crippen LogP contribution in [0.4, 0.5) is 5.82 Å². The third kappa shape index (κ3) is 3.56. The first-order valence-electron chi connectivity index (χ1n) is 8.76. The smallest absolute Gasteiger partial charge is 0.262 e. The highest BCUT2D eigenvalue weighted by atomic mass is 16.5. The summed E-state index contributed by atoms with van der Waals surface area (Å²) in [5.41, 5.74) is 1.69. The Kier molecular flexibility index (Phi) is 4.64. The number of methoxy groups -OCH3 is 1. The van der Waals surface area contributed by atoms with Crippen molar-refractivity contribution in [2.45, 2.75) is 18.8 Å². The Balaban J connectivity index is 1.60. The van der Waals surface area contributed by atoms with Gasteiger partial charge in [-0.05, 0) is 18.9 Å². The number of nitrogens with zero attached hydrogens (tertiary/aromatic N) is 3. The minimum absolute atomic E-state index is 0.132. The van der Waals surface area contributed by atoms with E-state index in [0.717, 1.165) is 31.7 Å². The standard InChI is InChI=1S/C19H20N4O4/c1-26-18-4-2-3-16(21-18)22-19(25)13-10-23-11-14(12-5-7-27-8-6-12)20-17(23)9-15(13)24/h2-4,9-12,24H,5-8H2,1H3,(H,21,22,25). The van der Waals surface area contributed by atoms with Crippen molar-refractivity contribution < 1.29 is 19.4 Å². The van der Waals surface area contributed by atoms with Gasteiger partial charge in [-0.15, -0.1) is 0 Å². The molecule has 0 unspecified atom stereocenters. The van der Waals surface area contributed by atoms with Crippen LogP contribution in [-0.4, -0.2) is 45.7 Å². The summed E-state index contributed by atoms with van der Waals surface area (Å²) >= 11 is 0. The van der Waals surface area contributed by atoms with Crippen LogP contribution in [0.1, 0.15) is 34.8 Å². The molecule has 4 heterocycles. The molecule has 0 spiro atoms. The van der Waals surface area contributed by atoms with Crippen LogP contribution < -0.4 is 10.1 Å². The molecule has 0 aliphatic carbocycles. The summed E-state index contributed by atoms with van der Waals surface area (Å²) in [7, 11) is 1.50. The van der Waals surface area contributed by atoms with Crippen LogP contribution in [0.2, 0.25) is 0 Å². The average molecular weight is 368 g/mol. The quantitative estimate of drug-likeness (QED) is 0.735. The van der Waals surface area contributed by atoms with Crippen molar-refractivity contribution in [1.82, 2.24) is 14.4 Å². The number of ether oxygens (including phenoxy) is 2. The SMILES string of the molecule is COc1cccc(NC(=O)c2cn3cc(C4CCOCC4)nc3cc2O)n1. The molecule has 1 aliphatic rings. The van der Waals surface area contributed by atoms with E-state index in [4.69, 9.17) is 9.47 Å². The number of pyridine rings is 2. The Morgan fingerprint density at radius 3 is 2.89 bits per heavy atom. The fraction of sp³-hybridized carbons (Fsp3) is 0.316. The topological polar surface area (TPSA) is 98.0 Å². The second-order valence-electron chi connectivity index (χ2n) is 6.41. The summed E-state index contributed by atoms with van der Waals surface area (Å²) in [6, 6.07) is 6.55. The van der Waals surface area contributed by atoms with E-state index in [-0.39, 0.29) is 11.3 Å². The molecule has 3 aromatic heterocycles. The second-order valence-corrected chi connectivity index (χ2v) is 6.41. The molecule has 1 amide bonds. The van der Waals surface area contributed by atoms with Gasteiger partial charge in [0.15, 0.2) is 0 Å². The summed E-state index contributed by atoms with van der Waals surface area (Å²) in [5, 5.41) is 13.0. The molecule has 140 valence electrons. The van der Waals surface area contributed by atoms with Crippen molar-refractivity contribution in [3.63, 3.8) is 0 Å². The lowest BCUT2D eigenvalue weighted by atomic mass is 9.97. The highest BCUT2D eigenvalue weighted by Gasteiger charge is 2.20. The Bertz CT molecular complexity index is 979. The molecule has 0 bridgehead atoms. The zero-order valence-electron chi connectivity index (χ0n) is 14.9. The van der Waals surface area contributed by atoms with E-state index in [9.17, 15) is 9.90 Å². The van der Waals surface area contributed by atoms with Crippen LogP contribution in [-0.2, 0) is 4.74 Å². The van der Waals surface area contributed by atoms with Crippen molar-refractivity contribution in [2.24, 2.45) is 0 Å². The van der Waals surface area contributed by atoms with Gasteiger partial charge in [0.2, 0.25) is 5.88 Å². The molecule has 2 N–H and O–H groups in total. The zero-order valence-corrected chi connectivity index (χ0v) is 14.9. The third-order valence-corrected chi connectivity index (χ3v) is 4.65. The van der Waals surface area contributed by atoms with Crippen LogP contribution in [0.5, 0.6) is 11.6 Å². The maximum atomic E-state index is 12.6. The summed E-state index contributed by atoms with van der Waals surface area (Å²) < 4.78 is 12.2. The summed E-state index contributed by atoms with van der Waals surface area (Å²) in [6.07, 6.45) is 5.33. The first-order valence-corrected chi connectivity index (χ1v) is 8.76. The Hall–Kier alpha value is -3.13. The van der Waals surface area contributed by atoms with E-state index >= 15 is 0 Å². The normalized spacial score (nSPS) is 15.0. The zero-order chi connectivity index (χ0) is 18.8. The lowest BCUT2D eigenvalue weighted by Gasteiger charge is -2.19. The molecular formula is C19H20N4O4. The number of amides is 1. The summed E-state index contributed by atoms with van der Waals surface area (Å²) in [5.74, 6) is 0.470. The molecular weight excluding hydrogens is 348 g/mol. The summed E-state index contributed by atoms with van der Waals surface area (Å²) in [4.78, 5) is 21.3. The van der Waals surface area contributed by atoms with Crippen LogP contribution in [0.3, 0.4) is 0 Å². The van der Waals surface area contributed by atoms with Crippen LogP contribution in [0, 0.1) is 0 Å². The van der Waals surface area contributed by atoms with Gasteiger partial charge >= 0.3 is 0 Å². The van der Waals surface area contributed by atoms with Gasteiger partial charge in [0.25, 0.3) is 5.91 Å². The summed E-state index contributed by atoms with van der Waals surface area (Å²) in [6.45, 7) is 1.45. The number of rotatable bonds is 4. The fourth-order valence-electron chi connectivity index (χ4n) is 3.19. The maximum Gasteiger partial charge on any atom is 0.262 e. The highest BCUT2D eigenvalue weighted by Crippen LogP contribution is 2.28. The lowest BCUT2D eigenvalue weighted by molar-refractivity contribution is 0.0846. The number of fused-ring (bicyclic) bond motifs is 1. The fourth-order valence-corrected chi connectivity index (χ4v) is 3.19. The van der Waals surface area contributed by atoms with E-state index in [1.807, 2.05) is 6.20 Å². The minimum atomic E-state index is -0.462. The predicted octanol–water partition coefficient (Wildman–Crippen LogP) is 2.59. The Morgan fingerprint density at radius 1 is 1.30 bits per heavy atom. The number of anilines is 1. The van der Waals surface area contributed by atoms with Gasteiger partial charge in [0, 0.05) is 43.7 Å². The minimum Gasteiger partial charge on any atom is -0.507 e. The van der Waals surface area contributed by atoms with Crippen molar-refractivity contribution >= 4 is 17.4 Å². The molecule has 8 heteroatoms. The first kappa shape index (κ1) is 17.3. The number of aromatic hydroxyl groups is 1. The van der Waals surface area contributed by atoms with Crippen molar-refractivity contribution in [3.8, 4) is 11.6 Å². The third-order valence-electron chi connectivity index (χ3n) is 4.65. The molecule has 0 atom stereocenters. The van der Waals surface area contributed by atoms with Gasteiger partial charge < -0.3 is 24.3 Å². The van der Waals surface area contributed by atoms with Crippen molar-refractivity contribution in [3.05, 3.63) is 47.9 Å². The number of carbonyl (C=O) groups excluding carboxylic acids is 1. The van der Waals surface area contributed by atoms with Crippen LogP contribution >= 0.6 is 0 Å². The number of carbonyl (C=O) groups is 1. The molecule has 0 radical (unpaired) electrons. The van der Waals surface area contributed by atoms with Crippen molar-refractivity contribution in [2.75, 3.05) is 25.6 Å². The molecule has 3 aromatic rings. The molecule has 8 nitrogen and oxygen atoms in total. The maximum absolute atomic E-state index is 12.6. The van der Waals surface area contributed by atoms with Gasteiger partial charge in [-0.1, -0.05) is 6.07 Å². The number of hydrogen-bond acceptors (Lipinski definition) is 6. The molecule has 1 aliphatic heterocycles.